The van der Waals surface area contributed by atoms with Crippen LogP contribution in [0.25, 0.3) is 10.9 Å². The molecule has 2 heterocycles. The van der Waals surface area contributed by atoms with Crippen LogP contribution in [0.3, 0.4) is 0 Å². The zero-order valence-corrected chi connectivity index (χ0v) is 8.60. The molecule has 78 valence electrons. The molecule has 3 nitrogen and oxygen atoms in total. The fourth-order valence-corrected chi connectivity index (χ4v) is 2.39. The fraction of sp³-hybridized carbons (Fsp3) is 0.154. The Hall–Kier alpha value is -2.05. The molecule has 2 aromatic rings. The first kappa shape index (κ1) is 9.20. The molecule has 1 aliphatic heterocycles. The van der Waals surface area contributed by atoms with Crippen molar-refractivity contribution in [2.45, 2.75) is 12.6 Å². The lowest BCUT2D eigenvalue weighted by Gasteiger charge is -2.06. The average Bonchev–Trinajstić information content (AvgIpc) is 2.64. The summed E-state index contributed by atoms with van der Waals surface area (Å²) in [7, 11) is 0. The summed E-state index contributed by atoms with van der Waals surface area (Å²) in [6.07, 6.45) is 5.45. The van der Waals surface area contributed by atoms with E-state index >= 15 is 0 Å². The van der Waals surface area contributed by atoms with Crippen molar-refractivity contribution in [3.63, 3.8) is 0 Å². The van der Waals surface area contributed by atoms with Crippen LogP contribution in [0.1, 0.15) is 17.2 Å². The third kappa shape index (κ3) is 0.995. The Morgan fingerprint density at radius 1 is 1.38 bits per heavy atom. The van der Waals surface area contributed by atoms with Gasteiger partial charge < -0.3 is 10.3 Å². The predicted octanol–water partition coefficient (Wildman–Crippen LogP) is 0.996. The van der Waals surface area contributed by atoms with Crippen LogP contribution in [0, 0.1) is 12.3 Å². The summed E-state index contributed by atoms with van der Waals surface area (Å²) in [6.45, 7) is 0.518. The molecule has 3 heteroatoms. The second-order valence-electron chi connectivity index (χ2n) is 4.00. The average molecular weight is 210 g/mol. The maximum absolute atomic E-state index is 11.7. The molecular formula is C13H10N2O. The van der Waals surface area contributed by atoms with Gasteiger partial charge in [0.25, 0.3) is 5.56 Å². The highest BCUT2D eigenvalue weighted by molar-refractivity contribution is 5.86. The predicted molar refractivity (Wildman–Crippen MR) is 63.1 cm³/mol. The van der Waals surface area contributed by atoms with Gasteiger partial charge in [-0.05, 0) is 17.5 Å². The second kappa shape index (κ2) is 2.97. The Morgan fingerprint density at radius 3 is 2.88 bits per heavy atom. The molecule has 1 aliphatic rings. The van der Waals surface area contributed by atoms with Crippen LogP contribution in [0.4, 0.5) is 0 Å². The van der Waals surface area contributed by atoms with E-state index in [-0.39, 0.29) is 11.6 Å². The van der Waals surface area contributed by atoms with E-state index in [0.717, 1.165) is 22.0 Å². The van der Waals surface area contributed by atoms with Crippen molar-refractivity contribution in [2.24, 2.45) is 5.73 Å². The zero-order chi connectivity index (χ0) is 11.3. The van der Waals surface area contributed by atoms with Crippen LogP contribution in [0.15, 0.2) is 29.1 Å². The minimum absolute atomic E-state index is 0.0177. The number of nitrogens with zero attached hydrogens (tertiary/aromatic N) is 1. The van der Waals surface area contributed by atoms with E-state index in [2.05, 4.69) is 5.92 Å². The molecule has 1 unspecified atom stereocenters. The highest BCUT2D eigenvalue weighted by Gasteiger charge is 2.24. The monoisotopic (exact) mass is 210 g/mol. The van der Waals surface area contributed by atoms with Crippen molar-refractivity contribution in [2.75, 3.05) is 0 Å². The molecule has 3 rings (SSSR count). The van der Waals surface area contributed by atoms with Gasteiger partial charge in [-0.1, -0.05) is 12.0 Å². The quantitative estimate of drug-likeness (QED) is 0.659. The van der Waals surface area contributed by atoms with Gasteiger partial charge in [-0.25, -0.2) is 0 Å². The summed E-state index contributed by atoms with van der Waals surface area (Å²) in [5, 5.41) is 1.02. The molecule has 0 saturated heterocycles. The molecule has 1 aromatic carbocycles. The van der Waals surface area contributed by atoms with Crippen LogP contribution in [-0.4, -0.2) is 4.57 Å². The maximum Gasteiger partial charge on any atom is 0.251 e. The molecule has 0 radical (unpaired) electrons. The first-order valence-electron chi connectivity index (χ1n) is 5.11. The molecule has 0 amide bonds. The smallest absolute Gasteiger partial charge is 0.251 e. The van der Waals surface area contributed by atoms with E-state index in [1.165, 1.54) is 0 Å². The topological polar surface area (TPSA) is 48.0 Å². The maximum atomic E-state index is 11.7. The largest absolute Gasteiger partial charge is 0.322 e. The first-order chi connectivity index (χ1) is 7.72. The number of terminal acetylenes is 1. The fourth-order valence-electron chi connectivity index (χ4n) is 2.39. The Morgan fingerprint density at radius 2 is 2.12 bits per heavy atom. The van der Waals surface area contributed by atoms with Crippen molar-refractivity contribution in [1.82, 2.24) is 4.57 Å². The van der Waals surface area contributed by atoms with Crippen molar-refractivity contribution in [3.8, 4) is 12.3 Å². The summed E-state index contributed by atoms with van der Waals surface area (Å²) < 4.78 is 1.70. The number of nitrogens with two attached hydrogens (primary N) is 1. The van der Waals surface area contributed by atoms with Gasteiger partial charge in [0.1, 0.15) is 0 Å². The van der Waals surface area contributed by atoms with Crippen LogP contribution in [0.2, 0.25) is 0 Å². The molecule has 0 fully saturated rings. The van der Waals surface area contributed by atoms with Gasteiger partial charge in [0.2, 0.25) is 0 Å². The zero-order valence-electron chi connectivity index (χ0n) is 8.60. The van der Waals surface area contributed by atoms with E-state index in [9.17, 15) is 4.79 Å². The minimum atomic E-state index is -0.176. The first-order valence-corrected chi connectivity index (χ1v) is 5.11. The second-order valence-corrected chi connectivity index (χ2v) is 4.00. The van der Waals surface area contributed by atoms with E-state index < -0.39 is 0 Å². The summed E-state index contributed by atoms with van der Waals surface area (Å²) in [6, 6.07) is 7.03. The SMILES string of the molecule is C#Cc1ccc2ccc(=O)n3c2c1C(N)C3. The standard InChI is InChI=1S/C13H10N2O/c1-2-8-3-4-9-5-6-11(16)15-7-10(14)12(8)13(9)15/h1,3-6,10H,7,14H2. The highest BCUT2D eigenvalue weighted by Crippen LogP contribution is 2.31. The summed E-state index contributed by atoms with van der Waals surface area (Å²) in [4.78, 5) is 11.7. The number of hydrogen-bond donors (Lipinski definition) is 1. The number of pyridine rings is 1. The normalized spacial score (nSPS) is 17.6. The molecule has 1 atom stereocenters. The lowest BCUT2D eigenvalue weighted by molar-refractivity contribution is 0.620. The van der Waals surface area contributed by atoms with E-state index in [4.69, 9.17) is 12.2 Å². The van der Waals surface area contributed by atoms with Gasteiger partial charge in [0, 0.05) is 23.7 Å². The Balaban J connectivity index is 2.58. The molecule has 2 N–H and O–H groups in total. The van der Waals surface area contributed by atoms with Gasteiger partial charge in [-0.3, -0.25) is 4.79 Å². The molecule has 1 aromatic heterocycles. The van der Waals surface area contributed by atoms with E-state index in [1.807, 2.05) is 18.2 Å². The summed E-state index contributed by atoms with van der Waals surface area (Å²) in [5.74, 6) is 2.63. The highest BCUT2D eigenvalue weighted by atomic mass is 16.1. The van der Waals surface area contributed by atoms with Gasteiger partial charge in [0.05, 0.1) is 11.6 Å². The van der Waals surface area contributed by atoms with Gasteiger partial charge in [-0.15, -0.1) is 6.42 Å². The van der Waals surface area contributed by atoms with Gasteiger partial charge in [-0.2, -0.15) is 0 Å². The lowest BCUT2D eigenvalue weighted by atomic mass is 10.0. The van der Waals surface area contributed by atoms with E-state index in [0.29, 0.717) is 6.54 Å². The third-order valence-electron chi connectivity index (χ3n) is 3.10. The molecule has 0 spiro atoms. The minimum Gasteiger partial charge on any atom is -0.322 e. The molecule has 16 heavy (non-hydrogen) atoms. The number of benzene rings is 1. The van der Waals surface area contributed by atoms with Crippen LogP contribution in [-0.2, 0) is 6.54 Å². The number of rotatable bonds is 0. The van der Waals surface area contributed by atoms with E-state index in [1.54, 1.807) is 10.6 Å². The van der Waals surface area contributed by atoms with Crippen molar-refractivity contribution < 1.29 is 0 Å². The number of aromatic nitrogens is 1. The molecule has 0 saturated carbocycles. The number of hydrogen-bond acceptors (Lipinski definition) is 2. The van der Waals surface area contributed by atoms with Crippen molar-refractivity contribution in [1.29, 1.82) is 0 Å². The Bertz CT molecular complexity index is 691. The lowest BCUT2D eigenvalue weighted by Crippen LogP contribution is -2.19. The summed E-state index contributed by atoms with van der Waals surface area (Å²) >= 11 is 0. The van der Waals surface area contributed by atoms with Crippen molar-refractivity contribution in [3.05, 3.63) is 45.7 Å². The van der Waals surface area contributed by atoms with Gasteiger partial charge >= 0.3 is 0 Å². The van der Waals surface area contributed by atoms with Crippen LogP contribution < -0.4 is 11.3 Å². The Kier molecular flexibility index (Phi) is 1.71. The van der Waals surface area contributed by atoms with Gasteiger partial charge in [0.15, 0.2) is 0 Å². The molecule has 0 bridgehead atoms. The summed E-state index contributed by atoms with van der Waals surface area (Å²) in [5.41, 5.74) is 8.63. The van der Waals surface area contributed by atoms with Crippen LogP contribution in [0.5, 0.6) is 0 Å². The molecular weight excluding hydrogens is 200 g/mol. The van der Waals surface area contributed by atoms with Crippen molar-refractivity contribution >= 4 is 10.9 Å². The third-order valence-corrected chi connectivity index (χ3v) is 3.10. The van der Waals surface area contributed by atoms with Crippen LogP contribution >= 0.6 is 0 Å². The Labute approximate surface area is 92.5 Å². The molecule has 0 aliphatic carbocycles.